The number of hydrogen-bond donors (Lipinski definition) is 6. The molecule has 4 aliphatic rings. The normalized spacial score (nSPS) is 32.4. The number of benzene rings is 3. The van der Waals surface area contributed by atoms with Crippen LogP contribution in [0.5, 0.6) is 5.75 Å². The van der Waals surface area contributed by atoms with Crippen LogP contribution in [-0.4, -0.2) is 122 Å². The molecular formula is C47H51NO16. The van der Waals surface area contributed by atoms with Crippen molar-refractivity contribution in [2.75, 3.05) is 6.61 Å². The van der Waals surface area contributed by atoms with Gasteiger partial charge in [-0.05, 0) is 67.0 Å². The molecule has 1 saturated heterocycles. The van der Waals surface area contributed by atoms with E-state index in [1.165, 1.54) is 76.2 Å². The van der Waals surface area contributed by atoms with Crippen LogP contribution >= 0.6 is 0 Å². The van der Waals surface area contributed by atoms with Crippen molar-refractivity contribution in [3.63, 3.8) is 0 Å². The molecule has 0 unspecified atom stereocenters. The van der Waals surface area contributed by atoms with Gasteiger partial charge in [-0.3, -0.25) is 19.2 Å². The lowest BCUT2D eigenvalue weighted by atomic mass is 9.44. The van der Waals surface area contributed by atoms with Crippen LogP contribution in [0.4, 0.5) is 0 Å². The Morgan fingerprint density at radius 1 is 0.844 bits per heavy atom. The number of Topliss-reactive ketones (excluding diaryl/α,β-unsaturated/α-hetero) is 1. The molecule has 0 spiro atoms. The number of rotatable bonds is 10. The van der Waals surface area contributed by atoms with Crippen LogP contribution in [0.15, 0.2) is 96.1 Å². The molecule has 3 aromatic carbocycles. The number of phenolic OH excluding ortho intramolecular Hbond substituents is 1. The number of carbonyl (C=O) groups excluding carboxylic acids is 6. The van der Waals surface area contributed by atoms with Crippen LogP contribution in [0.1, 0.15) is 80.3 Å². The average molecular weight is 886 g/mol. The molecule has 2 bridgehead atoms. The quantitative estimate of drug-likeness (QED) is 0.0970. The second kappa shape index (κ2) is 16.9. The Balaban J connectivity index is 1.40. The van der Waals surface area contributed by atoms with Crippen LogP contribution in [0.3, 0.4) is 0 Å². The highest BCUT2D eigenvalue weighted by Crippen LogP contribution is 2.64. The van der Waals surface area contributed by atoms with Gasteiger partial charge >= 0.3 is 23.9 Å². The van der Waals surface area contributed by atoms with Crippen molar-refractivity contribution in [2.45, 2.75) is 108 Å². The number of fused-ring (bicyclic) bond motifs is 5. The minimum atomic E-state index is -2.52. The number of amides is 1. The molecule has 340 valence electrons. The molecule has 64 heavy (non-hydrogen) atoms. The van der Waals surface area contributed by atoms with Crippen molar-refractivity contribution >= 4 is 35.6 Å². The van der Waals surface area contributed by atoms with Gasteiger partial charge in [-0.25, -0.2) is 9.59 Å². The lowest BCUT2D eigenvalue weighted by molar-refractivity contribution is -0.369. The van der Waals surface area contributed by atoms with E-state index in [0.717, 1.165) is 13.8 Å². The number of hydrogen-bond acceptors (Lipinski definition) is 16. The first-order chi connectivity index (χ1) is 30.1. The van der Waals surface area contributed by atoms with E-state index in [2.05, 4.69) is 5.32 Å². The number of aromatic hydroxyl groups is 1. The van der Waals surface area contributed by atoms with Gasteiger partial charge in [0, 0.05) is 31.2 Å². The fourth-order valence-electron chi connectivity index (χ4n) is 10.3. The Bertz CT molecular complexity index is 2380. The Morgan fingerprint density at radius 2 is 1.47 bits per heavy atom. The maximum atomic E-state index is 15.5. The molecule has 1 aliphatic heterocycles. The molecule has 17 heteroatoms. The van der Waals surface area contributed by atoms with Crippen molar-refractivity contribution < 1.29 is 78.0 Å². The summed E-state index contributed by atoms with van der Waals surface area (Å²) in [5, 5.41) is 62.1. The molecule has 3 fully saturated rings. The lowest BCUT2D eigenvalue weighted by Crippen LogP contribution is -2.85. The SMILES string of the molecule is CC(=O)O[C@H]1C(=O)[C@@]2(C)[C@H]([C@H](OC(=O)c3ccccc3)[C@]3(O)C[C@H](OC(=O)[C@H](O)[C@@H](NC(=O)c4ccccc4)c4cccc(O)c4)C(C)=C1C3(C)C)[C@]1(OC(C)=O)CO[C@@H]1[C@@H](O)[C@@H]2O. The molecule has 12 atom stereocenters. The maximum Gasteiger partial charge on any atom is 0.338 e. The van der Waals surface area contributed by atoms with Crippen LogP contribution in [-0.2, 0) is 42.9 Å². The van der Waals surface area contributed by atoms with E-state index in [1.54, 1.807) is 36.4 Å². The average Bonchev–Trinajstić information content (AvgIpc) is 3.24. The van der Waals surface area contributed by atoms with Gasteiger partial charge in [0.15, 0.2) is 23.6 Å². The number of nitrogens with one attached hydrogen (secondary N) is 1. The molecule has 2 saturated carbocycles. The monoisotopic (exact) mass is 885 g/mol. The standard InChI is InChI=1S/C47H51NO16/c1-23-30(62-43(58)33(52)32(28-18-13-19-29(51)20-28)48-41(56)26-14-9-7-10-15-26)21-47(59)40(63-42(57)27-16-11-8-12-17-27)36-45(6,38(55)35(61-24(2)49)31(23)44(47,4)5)37(54)34(53)39-46(36,22-60-39)64-25(3)50/h7-20,30,32-37,39-40,51-54,59H,21-22H2,1-6H3,(H,48,56)/t30-,32-,33+,34-,35+,36-,37-,39+,40-,45-,46+,47+/m0/s1. The van der Waals surface area contributed by atoms with Crippen molar-refractivity contribution in [3.8, 4) is 5.75 Å². The van der Waals surface area contributed by atoms with Gasteiger partial charge < -0.3 is 54.5 Å². The van der Waals surface area contributed by atoms with Gasteiger partial charge in [-0.15, -0.1) is 0 Å². The summed E-state index contributed by atoms with van der Waals surface area (Å²) in [7, 11) is 0. The number of aliphatic hydroxyl groups is 4. The van der Waals surface area contributed by atoms with Crippen molar-refractivity contribution in [2.24, 2.45) is 16.7 Å². The predicted octanol–water partition coefficient (Wildman–Crippen LogP) is 2.41. The smallest absolute Gasteiger partial charge is 0.338 e. The van der Waals surface area contributed by atoms with Crippen LogP contribution in [0.25, 0.3) is 0 Å². The first-order valence-corrected chi connectivity index (χ1v) is 20.7. The minimum Gasteiger partial charge on any atom is -0.508 e. The molecule has 3 aliphatic carbocycles. The number of aliphatic hydroxyl groups excluding tert-OH is 3. The van der Waals surface area contributed by atoms with Crippen molar-refractivity contribution in [3.05, 3.63) is 113 Å². The molecule has 0 aromatic heterocycles. The maximum absolute atomic E-state index is 15.5. The van der Waals surface area contributed by atoms with E-state index in [1.807, 2.05) is 0 Å². The van der Waals surface area contributed by atoms with Gasteiger partial charge in [0.05, 0.1) is 35.6 Å². The molecule has 3 aromatic rings. The predicted molar refractivity (Wildman–Crippen MR) is 221 cm³/mol. The third kappa shape index (κ3) is 7.44. The Morgan fingerprint density at radius 3 is 2.03 bits per heavy atom. The molecule has 0 radical (unpaired) electrons. The highest BCUT2D eigenvalue weighted by Gasteiger charge is 2.80. The second-order valence-electron chi connectivity index (χ2n) is 17.7. The third-order valence-corrected chi connectivity index (χ3v) is 13.6. The Labute approximate surface area is 367 Å². The number of ether oxygens (including phenoxy) is 5. The highest BCUT2D eigenvalue weighted by molar-refractivity contribution is 5.96. The van der Waals surface area contributed by atoms with Gasteiger partial charge in [0.2, 0.25) is 0 Å². The van der Waals surface area contributed by atoms with E-state index >= 15 is 4.79 Å². The number of esters is 4. The zero-order valence-corrected chi connectivity index (χ0v) is 35.9. The zero-order chi connectivity index (χ0) is 46.7. The van der Waals surface area contributed by atoms with Gasteiger partial charge in [0.25, 0.3) is 5.91 Å². The molecular weight excluding hydrogens is 835 g/mol. The highest BCUT2D eigenvalue weighted by atomic mass is 16.6. The fourth-order valence-corrected chi connectivity index (χ4v) is 10.3. The second-order valence-corrected chi connectivity index (χ2v) is 17.7. The number of ketones is 1. The molecule has 7 rings (SSSR count). The summed E-state index contributed by atoms with van der Waals surface area (Å²) in [6.45, 7) is 7.26. The number of phenols is 1. The van der Waals surface area contributed by atoms with Gasteiger partial charge in [-0.1, -0.05) is 62.4 Å². The Hall–Kier alpha value is -5.98. The van der Waals surface area contributed by atoms with Crippen LogP contribution in [0.2, 0.25) is 0 Å². The van der Waals surface area contributed by atoms with Crippen LogP contribution < -0.4 is 5.32 Å². The Kier molecular flexibility index (Phi) is 12.1. The summed E-state index contributed by atoms with van der Waals surface area (Å²) < 4.78 is 29.9. The minimum absolute atomic E-state index is 0.000481. The fraction of sp³-hybridized carbons (Fsp3) is 0.447. The zero-order valence-electron chi connectivity index (χ0n) is 35.9. The molecule has 1 heterocycles. The van der Waals surface area contributed by atoms with E-state index < -0.39 is 125 Å². The summed E-state index contributed by atoms with van der Waals surface area (Å²) in [6, 6.07) is 19.5. The summed E-state index contributed by atoms with van der Waals surface area (Å²) in [6.07, 6.45) is -13.9. The molecule has 17 nitrogen and oxygen atoms in total. The van der Waals surface area contributed by atoms with E-state index in [4.69, 9.17) is 23.7 Å². The molecule has 1 amide bonds. The number of carbonyl (C=O) groups is 6. The molecule has 6 N–H and O–H groups in total. The van der Waals surface area contributed by atoms with Crippen molar-refractivity contribution in [1.29, 1.82) is 0 Å². The van der Waals surface area contributed by atoms with E-state index in [0.29, 0.717) is 0 Å². The summed E-state index contributed by atoms with van der Waals surface area (Å²) in [5.74, 6) is -7.98. The first-order valence-electron chi connectivity index (χ1n) is 20.7. The topological polar surface area (TPSA) is 262 Å². The van der Waals surface area contributed by atoms with E-state index in [-0.39, 0.29) is 33.6 Å². The summed E-state index contributed by atoms with van der Waals surface area (Å²) in [4.78, 5) is 83.6. The largest absolute Gasteiger partial charge is 0.508 e. The summed E-state index contributed by atoms with van der Waals surface area (Å²) in [5.41, 5.74) is -8.47. The van der Waals surface area contributed by atoms with Gasteiger partial charge in [-0.2, -0.15) is 0 Å². The summed E-state index contributed by atoms with van der Waals surface area (Å²) >= 11 is 0. The third-order valence-electron chi connectivity index (χ3n) is 13.6. The van der Waals surface area contributed by atoms with E-state index in [9.17, 15) is 49.5 Å². The lowest BCUT2D eigenvalue weighted by Gasteiger charge is -2.68. The first kappa shape index (κ1) is 46.0. The van der Waals surface area contributed by atoms with Crippen LogP contribution in [0, 0.1) is 16.7 Å². The van der Waals surface area contributed by atoms with Gasteiger partial charge in [0.1, 0.15) is 35.8 Å². The van der Waals surface area contributed by atoms with Crippen molar-refractivity contribution in [1.82, 2.24) is 5.32 Å².